The SMILES string of the molecule is Nc1nc(/C(=N/O)C([O-])=N[C@@H]2C(=O)N3C(C(=O)O)=C(/C=C/c4cc(Cl)no4)CS[C@H]23)c(Cl)s1.[Na+]. The van der Waals surface area contributed by atoms with Crippen LogP contribution in [-0.2, 0) is 9.59 Å². The summed E-state index contributed by atoms with van der Waals surface area (Å²) in [6, 6.07) is 0.261. The molecular weight excluding hydrogens is 542 g/mol. The molecule has 4 rings (SSSR count). The molecule has 1 amide bonds. The van der Waals surface area contributed by atoms with E-state index in [1.807, 2.05) is 0 Å². The van der Waals surface area contributed by atoms with Gasteiger partial charge in [0.25, 0.3) is 5.91 Å². The van der Waals surface area contributed by atoms with Gasteiger partial charge in [0.05, 0.1) is 0 Å². The normalized spacial score (nSPS) is 20.9. The van der Waals surface area contributed by atoms with Crippen molar-refractivity contribution in [1.29, 1.82) is 0 Å². The van der Waals surface area contributed by atoms with Crippen LogP contribution < -0.4 is 40.4 Å². The summed E-state index contributed by atoms with van der Waals surface area (Å²) in [5.74, 6) is -2.56. The second-order valence-corrected chi connectivity index (χ2v) is 9.60. The van der Waals surface area contributed by atoms with Crippen molar-refractivity contribution in [2.24, 2.45) is 10.1 Å². The Labute approximate surface area is 231 Å². The van der Waals surface area contributed by atoms with Gasteiger partial charge in [-0.2, -0.15) is 0 Å². The first-order valence-electron chi connectivity index (χ1n) is 8.82. The van der Waals surface area contributed by atoms with Crippen LogP contribution in [0.25, 0.3) is 6.08 Å². The van der Waals surface area contributed by atoms with Gasteiger partial charge in [0.2, 0.25) is 0 Å². The fourth-order valence-corrected chi connectivity index (χ4v) is 5.48. The number of halogens is 2. The minimum absolute atomic E-state index is 0. The monoisotopic (exact) mass is 552 g/mol. The van der Waals surface area contributed by atoms with E-state index in [4.69, 9.17) is 33.5 Å². The molecule has 0 aliphatic carbocycles. The molecule has 1 saturated heterocycles. The molecule has 0 unspecified atom stereocenters. The number of carbonyl (C=O) groups excluding carboxylic acids is 1. The summed E-state index contributed by atoms with van der Waals surface area (Å²) in [4.78, 5) is 33.3. The maximum atomic E-state index is 12.7. The number of aliphatic imine (C=N–C) groups is 1. The number of carboxylic acids is 1. The molecule has 2 aromatic rings. The Morgan fingerprint density at radius 1 is 1.41 bits per heavy atom. The number of oxime groups is 1. The molecule has 0 saturated carbocycles. The Hall–Kier alpha value is -2.07. The first-order chi connectivity index (χ1) is 15.7. The first kappa shape index (κ1) is 26.5. The molecule has 0 bridgehead atoms. The number of carboxylic acid groups (broad SMARTS) is 1. The predicted molar refractivity (Wildman–Crippen MR) is 119 cm³/mol. The second kappa shape index (κ2) is 10.7. The Bertz CT molecular complexity index is 1280. The number of allylic oxidation sites excluding steroid dienone is 1. The molecule has 17 heteroatoms. The number of hydrogen-bond donors (Lipinski definition) is 3. The average molecular weight is 553 g/mol. The van der Waals surface area contributed by atoms with E-state index in [2.05, 4.69) is 20.3 Å². The summed E-state index contributed by atoms with van der Waals surface area (Å²) in [7, 11) is 0. The number of hydrogen-bond acceptors (Lipinski definition) is 12. The zero-order chi connectivity index (χ0) is 23.9. The molecule has 0 aromatic carbocycles. The van der Waals surface area contributed by atoms with E-state index < -0.39 is 34.9 Å². The van der Waals surface area contributed by atoms with Crippen LogP contribution in [0.1, 0.15) is 11.5 Å². The number of carbonyl (C=O) groups is 2. The topological polar surface area (TPSA) is 191 Å². The van der Waals surface area contributed by atoms with E-state index in [0.29, 0.717) is 11.3 Å². The zero-order valence-electron chi connectivity index (χ0n) is 17.0. The number of rotatable bonds is 6. The molecule has 2 aromatic heterocycles. The Morgan fingerprint density at radius 3 is 2.71 bits per heavy atom. The summed E-state index contributed by atoms with van der Waals surface area (Å²) in [6.45, 7) is 0. The van der Waals surface area contributed by atoms with E-state index in [1.165, 1.54) is 30.0 Å². The molecule has 2 aliphatic rings. The fraction of sp³-hybridized carbons (Fsp3) is 0.176. The number of aliphatic carboxylic acids is 1. The van der Waals surface area contributed by atoms with Crippen molar-refractivity contribution in [2.75, 3.05) is 11.5 Å². The van der Waals surface area contributed by atoms with Crippen LogP contribution in [-0.4, -0.2) is 66.0 Å². The number of nitrogens with zero attached hydrogens (tertiary/aromatic N) is 5. The Morgan fingerprint density at radius 2 is 2.15 bits per heavy atom. The Balaban J connectivity index is 0.00000324. The maximum absolute atomic E-state index is 12.7. The Kier molecular flexibility index (Phi) is 8.34. The summed E-state index contributed by atoms with van der Waals surface area (Å²) >= 11 is 13.7. The van der Waals surface area contributed by atoms with Crippen LogP contribution in [0, 0.1) is 0 Å². The van der Waals surface area contributed by atoms with Crippen LogP contribution in [0.15, 0.2) is 38.1 Å². The van der Waals surface area contributed by atoms with Crippen molar-refractivity contribution in [3.05, 3.63) is 44.4 Å². The molecule has 34 heavy (non-hydrogen) atoms. The van der Waals surface area contributed by atoms with Gasteiger partial charge in [0.1, 0.15) is 26.8 Å². The van der Waals surface area contributed by atoms with Gasteiger partial charge in [-0.1, -0.05) is 50.9 Å². The number of anilines is 1. The van der Waals surface area contributed by atoms with Gasteiger partial charge < -0.3 is 25.7 Å². The van der Waals surface area contributed by atoms with Crippen molar-refractivity contribution in [2.45, 2.75) is 11.4 Å². The van der Waals surface area contributed by atoms with E-state index in [9.17, 15) is 25.0 Å². The smallest absolute Gasteiger partial charge is 0.857 e. The molecule has 4 N–H and O–H groups in total. The number of nitrogens with two attached hydrogens (primary N) is 1. The van der Waals surface area contributed by atoms with Gasteiger partial charge >= 0.3 is 35.5 Å². The predicted octanol–water partition coefficient (Wildman–Crippen LogP) is -1.70. The number of nitrogen functional groups attached to an aromatic ring is 1. The molecule has 4 heterocycles. The van der Waals surface area contributed by atoms with Gasteiger partial charge in [0, 0.05) is 17.7 Å². The average Bonchev–Trinajstić information content (AvgIpc) is 3.34. The number of aromatic nitrogens is 2. The van der Waals surface area contributed by atoms with Crippen LogP contribution in [0.4, 0.5) is 5.13 Å². The third kappa shape index (κ3) is 4.98. The van der Waals surface area contributed by atoms with Crippen molar-refractivity contribution in [3.63, 3.8) is 0 Å². The quantitative estimate of drug-likeness (QED) is 0.0928. The number of β-lactam (4-membered cyclic amide) rings is 1. The molecule has 12 nitrogen and oxygen atoms in total. The molecule has 2 atom stereocenters. The molecule has 0 spiro atoms. The minimum Gasteiger partial charge on any atom is -0.857 e. The summed E-state index contributed by atoms with van der Waals surface area (Å²) in [5, 5.41) is 37.4. The van der Waals surface area contributed by atoms with E-state index in [-0.39, 0.29) is 61.3 Å². The number of amides is 1. The molecular formula is C17H11Cl2N6NaO6S2. The van der Waals surface area contributed by atoms with E-state index >= 15 is 0 Å². The summed E-state index contributed by atoms with van der Waals surface area (Å²) in [5.41, 5.74) is 4.90. The van der Waals surface area contributed by atoms with Crippen molar-refractivity contribution >= 4 is 81.0 Å². The molecule has 0 radical (unpaired) electrons. The third-order valence-corrected chi connectivity index (χ3v) is 7.06. The van der Waals surface area contributed by atoms with Crippen molar-refractivity contribution < 1.29 is 59.1 Å². The largest absolute Gasteiger partial charge is 1.00 e. The second-order valence-electron chi connectivity index (χ2n) is 6.48. The molecule has 2 aliphatic heterocycles. The van der Waals surface area contributed by atoms with Gasteiger partial charge in [-0.15, -0.1) is 11.8 Å². The van der Waals surface area contributed by atoms with Gasteiger partial charge in [-0.3, -0.25) is 14.7 Å². The number of thioether (sulfide) groups is 1. The third-order valence-electron chi connectivity index (χ3n) is 4.51. The minimum atomic E-state index is -1.32. The number of fused-ring (bicyclic) bond motifs is 1. The van der Waals surface area contributed by atoms with Crippen molar-refractivity contribution in [1.82, 2.24) is 15.0 Å². The maximum Gasteiger partial charge on any atom is 1.00 e. The summed E-state index contributed by atoms with van der Waals surface area (Å²) < 4.78 is 4.95. The van der Waals surface area contributed by atoms with Crippen LogP contribution >= 0.6 is 46.3 Å². The van der Waals surface area contributed by atoms with Crippen molar-refractivity contribution in [3.8, 4) is 0 Å². The molecule has 172 valence electrons. The van der Waals surface area contributed by atoms with Crippen LogP contribution in [0.5, 0.6) is 0 Å². The number of thiazole rings is 1. The van der Waals surface area contributed by atoms with Crippen LogP contribution in [0.3, 0.4) is 0 Å². The fourth-order valence-electron chi connectivity index (χ4n) is 3.11. The van der Waals surface area contributed by atoms with E-state index in [1.54, 1.807) is 0 Å². The summed E-state index contributed by atoms with van der Waals surface area (Å²) in [6.07, 6.45) is 2.96. The van der Waals surface area contributed by atoms with Gasteiger partial charge in [-0.25, -0.2) is 9.78 Å². The standard InChI is InChI=1S/C17H12Cl2N6O6S2.Na/c18-7-3-6(31-24-7)2-1-5-4-32-15-10(14(27)25(15)11(5)16(28)29)21-13(26)9(23-30)8-12(19)33-17(20)22-8;/h1-3,10,15,30H,4H2,(H2,20,22)(H,21,26)(H,28,29);/q;+1/p-1/b2-1+,23-9-;/t10-,15-;/m1./s1. The van der Waals surface area contributed by atoms with Crippen LogP contribution in [0.2, 0.25) is 9.49 Å². The van der Waals surface area contributed by atoms with Gasteiger partial charge in [-0.05, 0) is 11.6 Å². The molecule has 1 fully saturated rings. The first-order valence-corrected chi connectivity index (χ1v) is 11.4. The zero-order valence-corrected chi connectivity index (χ0v) is 22.2. The van der Waals surface area contributed by atoms with E-state index in [0.717, 1.165) is 16.2 Å². The van der Waals surface area contributed by atoms with Gasteiger partial charge in [0.15, 0.2) is 22.1 Å².